The molecule has 1 amide bonds. The van der Waals surface area contributed by atoms with E-state index in [2.05, 4.69) is 20.3 Å². The molecule has 0 saturated carbocycles. The lowest BCUT2D eigenvalue weighted by atomic mass is 10.1. The number of nitrogens with zero attached hydrogens (tertiary/aromatic N) is 3. The van der Waals surface area contributed by atoms with Gasteiger partial charge in [-0.3, -0.25) is 4.79 Å². The molecule has 1 unspecified atom stereocenters. The molecule has 150 valence electrons. The molecular formula is C23H20N4O2S. The zero-order valence-corrected chi connectivity index (χ0v) is 17.0. The number of carbonyl (C=O) groups is 1. The number of benzene rings is 2. The molecule has 2 aromatic carbocycles. The lowest BCUT2D eigenvalue weighted by Crippen LogP contribution is -2.31. The van der Waals surface area contributed by atoms with Gasteiger partial charge in [-0.2, -0.15) is 0 Å². The van der Waals surface area contributed by atoms with Crippen LogP contribution < -0.4 is 10.1 Å². The lowest BCUT2D eigenvalue weighted by Gasteiger charge is -2.20. The highest BCUT2D eigenvalue weighted by molar-refractivity contribution is 7.13. The maximum Gasteiger partial charge on any atom is 0.226 e. The van der Waals surface area contributed by atoms with E-state index < -0.39 is 0 Å². The van der Waals surface area contributed by atoms with Crippen LogP contribution in [0.4, 0.5) is 0 Å². The highest BCUT2D eigenvalue weighted by Crippen LogP contribution is 2.22. The molecular weight excluding hydrogens is 396 g/mol. The number of nitrogens with one attached hydrogen (secondary N) is 1. The smallest absolute Gasteiger partial charge is 0.226 e. The summed E-state index contributed by atoms with van der Waals surface area (Å²) in [6, 6.07) is 21.2. The molecule has 0 bridgehead atoms. The Morgan fingerprint density at radius 1 is 0.967 bits per heavy atom. The predicted octanol–water partition coefficient (Wildman–Crippen LogP) is 4.08. The van der Waals surface area contributed by atoms with Crippen molar-refractivity contribution in [2.45, 2.75) is 12.5 Å². The van der Waals surface area contributed by atoms with Crippen molar-refractivity contribution in [2.75, 3.05) is 6.54 Å². The Morgan fingerprint density at radius 3 is 2.40 bits per heavy atom. The Bertz CT molecular complexity index is 1070. The number of amides is 1. The summed E-state index contributed by atoms with van der Waals surface area (Å²) in [6.07, 6.45) is 3.25. The van der Waals surface area contributed by atoms with Crippen LogP contribution in [0.3, 0.4) is 0 Å². The fraction of sp³-hybridized carbons (Fsp3) is 0.130. The minimum Gasteiger partial charge on any atom is -0.484 e. The number of hydrogen-bond acceptors (Lipinski definition) is 6. The topological polar surface area (TPSA) is 77.0 Å². The second kappa shape index (κ2) is 9.76. The van der Waals surface area contributed by atoms with Crippen molar-refractivity contribution in [3.05, 3.63) is 95.8 Å². The van der Waals surface area contributed by atoms with Gasteiger partial charge in [0.1, 0.15) is 11.9 Å². The first-order chi connectivity index (χ1) is 14.8. The van der Waals surface area contributed by atoms with Gasteiger partial charge in [0, 0.05) is 17.8 Å². The first-order valence-corrected chi connectivity index (χ1v) is 10.4. The summed E-state index contributed by atoms with van der Waals surface area (Å²) in [4.78, 5) is 25.4. The van der Waals surface area contributed by atoms with Crippen molar-refractivity contribution >= 4 is 17.2 Å². The largest absolute Gasteiger partial charge is 0.484 e. The van der Waals surface area contributed by atoms with Crippen LogP contribution in [0.15, 0.2) is 84.5 Å². The van der Waals surface area contributed by atoms with Gasteiger partial charge >= 0.3 is 0 Å². The second-order valence-corrected chi connectivity index (χ2v) is 7.39. The summed E-state index contributed by atoms with van der Waals surface area (Å²) < 4.78 is 6.12. The lowest BCUT2D eigenvalue weighted by molar-refractivity contribution is -0.120. The molecule has 0 fully saturated rings. The number of aromatic nitrogens is 3. The first kappa shape index (κ1) is 19.7. The van der Waals surface area contributed by atoms with Crippen molar-refractivity contribution in [2.24, 2.45) is 0 Å². The van der Waals surface area contributed by atoms with E-state index in [1.54, 1.807) is 18.5 Å². The molecule has 2 heterocycles. The summed E-state index contributed by atoms with van der Waals surface area (Å²) in [5, 5.41) is 5.53. The number of para-hydroxylation sites is 1. The third-order valence-electron chi connectivity index (χ3n) is 4.33. The number of rotatable bonds is 8. The van der Waals surface area contributed by atoms with E-state index in [4.69, 9.17) is 4.74 Å². The standard InChI is InChI=1S/C23H20N4O2S/c28-21(14-18-16-30-23(27-18)22-24-12-7-13-25-22)26-15-20(17-8-3-1-4-9-17)29-19-10-5-2-6-11-19/h1-13,16,20H,14-15H2,(H,26,28). The van der Waals surface area contributed by atoms with Crippen LogP contribution in [0.5, 0.6) is 5.75 Å². The molecule has 4 rings (SSSR count). The molecule has 0 saturated heterocycles. The van der Waals surface area contributed by atoms with Crippen LogP contribution in [0.2, 0.25) is 0 Å². The zero-order valence-electron chi connectivity index (χ0n) is 16.1. The number of thiazole rings is 1. The summed E-state index contributed by atoms with van der Waals surface area (Å²) in [5.41, 5.74) is 1.69. The SMILES string of the molecule is O=C(Cc1csc(-c2ncccn2)n1)NCC(Oc1ccccc1)c1ccccc1. The average Bonchev–Trinajstić information content (AvgIpc) is 3.27. The van der Waals surface area contributed by atoms with Crippen LogP contribution in [0, 0.1) is 0 Å². The third-order valence-corrected chi connectivity index (χ3v) is 5.22. The Hall–Kier alpha value is -3.58. The summed E-state index contributed by atoms with van der Waals surface area (Å²) in [5.74, 6) is 1.21. The molecule has 4 aromatic rings. The predicted molar refractivity (Wildman–Crippen MR) is 116 cm³/mol. The van der Waals surface area contributed by atoms with E-state index in [-0.39, 0.29) is 18.4 Å². The summed E-state index contributed by atoms with van der Waals surface area (Å²) in [7, 11) is 0. The minimum atomic E-state index is -0.290. The molecule has 0 aliphatic carbocycles. The van der Waals surface area contributed by atoms with Gasteiger partial charge < -0.3 is 10.1 Å². The molecule has 0 radical (unpaired) electrons. The monoisotopic (exact) mass is 416 g/mol. The minimum absolute atomic E-state index is 0.113. The molecule has 0 aliphatic heterocycles. The maximum atomic E-state index is 12.5. The first-order valence-electron chi connectivity index (χ1n) is 9.53. The highest BCUT2D eigenvalue weighted by atomic mass is 32.1. The highest BCUT2D eigenvalue weighted by Gasteiger charge is 2.16. The van der Waals surface area contributed by atoms with Gasteiger partial charge in [0.2, 0.25) is 5.91 Å². The zero-order chi connectivity index (χ0) is 20.6. The van der Waals surface area contributed by atoms with Crippen LogP contribution in [0.1, 0.15) is 17.4 Å². The van der Waals surface area contributed by atoms with E-state index >= 15 is 0 Å². The molecule has 0 spiro atoms. The van der Waals surface area contributed by atoms with Crippen molar-refractivity contribution in [3.8, 4) is 16.6 Å². The molecule has 30 heavy (non-hydrogen) atoms. The van der Waals surface area contributed by atoms with Gasteiger partial charge in [0.25, 0.3) is 0 Å². The van der Waals surface area contributed by atoms with Crippen LogP contribution in [0.25, 0.3) is 10.8 Å². The van der Waals surface area contributed by atoms with Gasteiger partial charge in [-0.15, -0.1) is 11.3 Å². The van der Waals surface area contributed by atoms with Gasteiger partial charge in [-0.05, 0) is 23.8 Å². The van der Waals surface area contributed by atoms with Crippen molar-refractivity contribution < 1.29 is 9.53 Å². The fourth-order valence-corrected chi connectivity index (χ4v) is 3.66. The normalized spacial score (nSPS) is 11.6. The maximum absolute atomic E-state index is 12.5. The number of ether oxygens (including phenoxy) is 1. The van der Waals surface area contributed by atoms with Crippen molar-refractivity contribution in [3.63, 3.8) is 0 Å². The van der Waals surface area contributed by atoms with Crippen LogP contribution in [-0.2, 0) is 11.2 Å². The van der Waals surface area contributed by atoms with E-state index in [0.717, 1.165) is 11.3 Å². The average molecular weight is 417 g/mol. The van der Waals surface area contributed by atoms with E-state index in [0.29, 0.717) is 23.1 Å². The molecule has 7 heteroatoms. The molecule has 0 aliphatic rings. The van der Waals surface area contributed by atoms with E-state index in [1.807, 2.05) is 66.0 Å². The summed E-state index contributed by atoms with van der Waals surface area (Å²) in [6.45, 7) is 0.358. The third kappa shape index (κ3) is 5.27. The molecule has 2 aromatic heterocycles. The van der Waals surface area contributed by atoms with E-state index in [9.17, 15) is 4.79 Å². The van der Waals surface area contributed by atoms with Crippen LogP contribution >= 0.6 is 11.3 Å². The van der Waals surface area contributed by atoms with Gasteiger partial charge in [-0.1, -0.05) is 48.5 Å². The van der Waals surface area contributed by atoms with E-state index in [1.165, 1.54) is 11.3 Å². The van der Waals surface area contributed by atoms with Gasteiger partial charge in [-0.25, -0.2) is 15.0 Å². The quantitative estimate of drug-likeness (QED) is 0.468. The van der Waals surface area contributed by atoms with Gasteiger partial charge in [0.05, 0.1) is 18.7 Å². The Morgan fingerprint density at radius 2 is 1.67 bits per heavy atom. The number of carbonyl (C=O) groups excluding carboxylic acids is 1. The number of hydrogen-bond donors (Lipinski definition) is 1. The molecule has 1 N–H and O–H groups in total. The molecule has 6 nitrogen and oxygen atoms in total. The Labute approximate surface area is 178 Å². The van der Waals surface area contributed by atoms with Crippen LogP contribution in [-0.4, -0.2) is 27.4 Å². The molecule has 1 atom stereocenters. The van der Waals surface area contributed by atoms with Crippen molar-refractivity contribution in [1.82, 2.24) is 20.3 Å². The fourth-order valence-electron chi connectivity index (χ4n) is 2.89. The second-order valence-electron chi connectivity index (χ2n) is 6.53. The Balaban J connectivity index is 1.38. The Kier molecular flexibility index (Phi) is 6.41. The summed E-state index contributed by atoms with van der Waals surface area (Å²) >= 11 is 1.43. The van der Waals surface area contributed by atoms with Crippen molar-refractivity contribution in [1.29, 1.82) is 0 Å². The van der Waals surface area contributed by atoms with Gasteiger partial charge in [0.15, 0.2) is 10.8 Å².